The van der Waals surface area contributed by atoms with Crippen molar-refractivity contribution in [1.29, 1.82) is 0 Å². The maximum atomic E-state index is 12.1. The molecule has 0 heterocycles. The van der Waals surface area contributed by atoms with Crippen molar-refractivity contribution in [1.82, 2.24) is 4.90 Å². The molecule has 122 valence electrons. The van der Waals surface area contributed by atoms with Crippen molar-refractivity contribution in [2.75, 3.05) is 26.3 Å². The van der Waals surface area contributed by atoms with Crippen LogP contribution in [0.4, 0.5) is 0 Å². The van der Waals surface area contributed by atoms with Crippen LogP contribution in [0.2, 0.25) is 0 Å². The van der Waals surface area contributed by atoms with Gasteiger partial charge >= 0.3 is 5.97 Å². The molecule has 0 radical (unpaired) electrons. The summed E-state index contributed by atoms with van der Waals surface area (Å²) in [5.41, 5.74) is 0.422. The van der Waals surface area contributed by atoms with E-state index in [4.69, 9.17) is 9.47 Å². The van der Waals surface area contributed by atoms with E-state index in [1.54, 1.807) is 36.1 Å². The number of nitrogens with zero attached hydrogens (tertiary/aromatic N) is 1. The molecule has 0 aliphatic carbocycles. The van der Waals surface area contributed by atoms with Gasteiger partial charge in [0.2, 0.25) is 0 Å². The molecule has 0 spiro atoms. The van der Waals surface area contributed by atoms with Gasteiger partial charge in [-0.25, -0.2) is 4.79 Å². The molecular formula is C17H25NO4. The Morgan fingerprint density at radius 3 is 2.36 bits per heavy atom. The number of hydrogen-bond acceptors (Lipinski definition) is 4. The standard InChI is InChI=1S/C17H25NO4/c1-4-10-18(11-5-2)16(19)13-22-15-9-7-8-14(12-15)17(20)21-6-3/h7-9,12H,4-6,10-11,13H2,1-3H3. The Hall–Kier alpha value is -2.04. The predicted octanol–water partition coefficient (Wildman–Crippen LogP) is 2.89. The Bertz CT molecular complexity index is 481. The van der Waals surface area contributed by atoms with Crippen molar-refractivity contribution in [3.05, 3.63) is 29.8 Å². The van der Waals surface area contributed by atoms with Crippen LogP contribution in [-0.2, 0) is 9.53 Å². The largest absolute Gasteiger partial charge is 0.484 e. The van der Waals surface area contributed by atoms with Gasteiger partial charge in [0.15, 0.2) is 6.61 Å². The number of esters is 1. The smallest absolute Gasteiger partial charge is 0.338 e. The van der Waals surface area contributed by atoms with Gasteiger partial charge in [-0.05, 0) is 38.0 Å². The number of hydrogen-bond donors (Lipinski definition) is 0. The minimum atomic E-state index is -0.391. The Balaban J connectivity index is 2.61. The minimum Gasteiger partial charge on any atom is -0.484 e. The van der Waals surface area contributed by atoms with E-state index in [1.165, 1.54) is 0 Å². The van der Waals surface area contributed by atoms with E-state index in [0.29, 0.717) is 17.9 Å². The number of carbonyl (C=O) groups excluding carboxylic acids is 2. The van der Waals surface area contributed by atoms with Gasteiger partial charge in [0.05, 0.1) is 12.2 Å². The summed E-state index contributed by atoms with van der Waals surface area (Å²) in [5.74, 6) is 0.0648. The average molecular weight is 307 g/mol. The quantitative estimate of drug-likeness (QED) is 0.658. The minimum absolute atomic E-state index is 0.0215. The highest BCUT2D eigenvalue weighted by molar-refractivity contribution is 5.89. The SMILES string of the molecule is CCCN(CCC)C(=O)COc1cccc(C(=O)OCC)c1. The van der Waals surface area contributed by atoms with Crippen LogP contribution in [-0.4, -0.2) is 43.1 Å². The zero-order valence-electron chi connectivity index (χ0n) is 13.6. The van der Waals surface area contributed by atoms with Crippen molar-refractivity contribution in [3.8, 4) is 5.75 Å². The molecule has 1 aromatic carbocycles. The van der Waals surface area contributed by atoms with Crippen molar-refractivity contribution >= 4 is 11.9 Å². The number of ether oxygens (including phenoxy) is 2. The predicted molar refractivity (Wildman–Crippen MR) is 85.1 cm³/mol. The van der Waals surface area contributed by atoms with E-state index in [0.717, 1.165) is 25.9 Å². The lowest BCUT2D eigenvalue weighted by molar-refractivity contribution is -0.133. The fraction of sp³-hybridized carbons (Fsp3) is 0.529. The van der Waals surface area contributed by atoms with E-state index in [2.05, 4.69) is 0 Å². The van der Waals surface area contributed by atoms with E-state index in [-0.39, 0.29) is 12.5 Å². The Kier molecular flexibility index (Phi) is 8.04. The van der Waals surface area contributed by atoms with Gasteiger partial charge in [0, 0.05) is 13.1 Å². The van der Waals surface area contributed by atoms with Gasteiger partial charge in [0.1, 0.15) is 5.75 Å². The number of amides is 1. The van der Waals surface area contributed by atoms with Crippen molar-refractivity contribution in [3.63, 3.8) is 0 Å². The van der Waals surface area contributed by atoms with Gasteiger partial charge < -0.3 is 14.4 Å². The van der Waals surface area contributed by atoms with Crippen LogP contribution < -0.4 is 4.74 Å². The fourth-order valence-corrected chi connectivity index (χ4v) is 2.06. The van der Waals surface area contributed by atoms with Gasteiger partial charge in [-0.15, -0.1) is 0 Å². The van der Waals surface area contributed by atoms with Gasteiger partial charge in [-0.2, -0.15) is 0 Å². The molecular weight excluding hydrogens is 282 g/mol. The lowest BCUT2D eigenvalue weighted by atomic mass is 10.2. The third-order valence-corrected chi connectivity index (χ3v) is 3.05. The highest BCUT2D eigenvalue weighted by Crippen LogP contribution is 2.14. The molecule has 22 heavy (non-hydrogen) atoms. The van der Waals surface area contributed by atoms with Crippen LogP contribution >= 0.6 is 0 Å². The van der Waals surface area contributed by atoms with Crippen LogP contribution in [0.15, 0.2) is 24.3 Å². The number of benzene rings is 1. The second-order valence-corrected chi connectivity index (χ2v) is 4.92. The molecule has 1 amide bonds. The summed E-state index contributed by atoms with van der Waals surface area (Å²) < 4.78 is 10.5. The van der Waals surface area contributed by atoms with Crippen LogP contribution in [0.1, 0.15) is 44.0 Å². The maximum absolute atomic E-state index is 12.1. The molecule has 5 heteroatoms. The third-order valence-electron chi connectivity index (χ3n) is 3.05. The second kappa shape index (κ2) is 9.82. The molecule has 0 bridgehead atoms. The van der Waals surface area contributed by atoms with E-state index >= 15 is 0 Å². The molecule has 0 unspecified atom stereocenters. The van der Waals surface area contributed by atoms with Crippen molar-refractivity contribution < 1.29 is 19.1 Å². The van der Waals surface area contributed by atoms with E-state index in [9.17, 15) is 9.59 Å². The molecule has 0 saturated heterocycles. The summed E-state index contributed by atoms with van der Waals surface area (Å²) in [4.78, 5) is 25.6. The first kappa shape index (κ1) is 18.0. The molecule has 0 fully saturated rings. The molecule has 0 N–H and O–H groups in total. The van der Waals surface area contributed by atoms with E-state index in [1.807, 2.05) is 13.8 Å². The lowest BCUT2D eigenvalue weighted by Gasteiger charge is -2.21. The normalized spacial score (nSPS) is 10.1. The average Bonchev–Trinajstić information content (AvgIpc) is 2.53. The molecule has 5 nitrogen and oxygen atoms in total. The van der Waals surface area contributed by atoms with Crippen molar-refractivity contribution in [2.45, 2.75) is 33.6 Å². The highest BCUT2D eigenvalue weighted by atomic mass is 16.5. The monoisotopic (exact) mass is 307 g/mol. The van der Waals surface area contributed by atoms with E-state index < -0.39 is 5.97 Å². The highest BCUT2D eigenvalue weighted by Gasteiger charge is 2.13. The fourth-order valence-electron chi connectivity index (χ4n) is 2.06. The summed E-state index contributed by atoms with van der Waals surface area (Å²) >= 11 is 0. The van der Waals surface area contributed by atoms with Crippen LogP contribution in [0.25, 0.3) is 0 Å². The Morgan fingerprint density at radius 2 is 1.77 bits per heavy atom. The zero-order chi connectivity index (χ0) is 16.4. The summed E-state index contributed by atoms with van der Waals surface area (Å²) in [6, 6.07) is 6.68. The molecule has 0 aliphatic heterocycles. The molecule has 1 aromatic rings. The molecule has 0 aromatic heterocycles. The molecule has 0 saturated carbocycles. The number of carbonyl (C=O) groups is 2. The lowest BCUT2D eigenvalue weighted by Crippen LogP contribution is -2.36. The van der Waals surface area contributed by atoms with Crippen molar-refractivity contribution in [2.24, 2.45) is 0 Å². The Morgan fingerprint density at radius 1 is 1.09 bits per heavy atom. The van der Waals surface area contributed by atoms with Gasteiger partial charge in [-0.3, -0.25) is 4.79 Å². The van der Waals surface area contributed by atoms with Crippen LogP contribution in [0.5, 0.6) is 5.75 Å². The Labute approximate surface area is 132 Å². The summed E-state index contributed by atoms with van der Waals surface area (Å²) in [7, 11) is 0. The molecule has 0 aliphatic rings. The first-order chi connectivity index (χ1) is 10.6. The van der Waals surface area contributed by atoms with Gasteiger partial charge in [0.25, 0.3) is 5.91 Å². The molecule has 0 atom stereocenters. The zero-order valence-corrected chi connectivity index (χ0v) is 13.6. The third kappa shape index (κ3) is 5.76. The second-order valence-electron chi connectivity index (χ2n) is 4.92. The summed E-state index contributed by atoms with van der Waals surface area (Å²) in [5, 5.41) is 0. The maximum Gasteiger partial charge on any atom is 0.338 e. The number of rotatable bonds is 9. The first-order valence-electron chi connectivity index (χ1n) is 7.80. The van der Waals surface area contributed by atoms with Crippen LogP contribution in [0.3, 0.4) is 0 Å². The summed E-state index contributed by atoms with van der Waals surface area (Å²) in [6.45, 7) is 7.61. The topological polar surface area (TPSA) is 55.8 Å². The first-order valence-corrected chi connectivity index (χ1v) is 7.80. The summed E-state index contributed by atoms with van der Waals surface area (Å²) in [6.07, 6.45) is 1.84. The van der Waals surface area contributed by atoms with Crippen LogP contribution in [0, 0.1) is 0 Å². The molecule has 1 rings (SSSR count). The van der Waals surface area contributed by atoms with Gasteiger partial charge in [-0.1, -0.05) is 19.9 Å².